The first-order valence-electron chi connectivity index (χ1n) is 6.34. The van der Waals surface area contributed by atoms with Gasteiger partial charge < -0.3 is 9.97 Å². The van der Waals surface area contributed by atoms with Gasteiger partial charge in [0.05, 0.1) is 6.54 Å². The molecule has 102 valence electrons. The second kappa shape index (κ2) is 5.40. The molecule has 0 saturated carbocycles. The molecule has 2 aromatic rings. The molecule has 2 N–H and O–H groups in total. The van der Waals surface area contributed by atoms with Crippen molar-refractivity contribution >= 4 is 0 Å². The van der Waals surface area contributed by atoms with E-state index in [0.29, 0.717) is 6.54 Å². The summed E-state index contributed by atoms with van der Waals surface area (Å²) in [6.45, 7) is 7.10. The third-order valence-corrected chi connectivity index (χ3v) is 3.22. The zero-order valence-corrected chi connectivity index (χ0v) is 11.9. The minimum absolute atomic E-state index is 0.121. The highest BCUT2D eigenvalue weighted by molar-refractivity contribution is 5.23. The van der Waals surface area contributed by atoms with Gasteiger partial charge in [0, 0.05) is 41.5 Å². The molecule has 2 rings (SSSR count). The molecule has 2 aromatic heterocycles. The molecule has 0 amide bonds. The Balaban J connectivity index is 2.09. The fraction of sp³-hybridized carbons (Fsp3) is 0.429. The first-order valence-corrected chi connectivity index (χ1v) is 6.34. The Kier molecular flexibility index (Phi) is 3.85. The van der Waals surface area contributed by atoms with Crippen LogP contribution in [0.5, 0.6) is 0 Å². The molecule has 0 aliphatic rings. The quantitative estimate of drug-likeness (QED) is 0.878. The molecule has 0 bridgehead atoms. The predicted octanol–water partition coefficient (Wildman–Crippen LogP) is 1.66. The molecule has 2 heterocycles. The Bertz CT molecular complexity index is 627. The summed E-state index contributed by atoms with van der Waals surface area (Å²) in [5, 5.41) is 0. The summed E-state index contributed by atoms with van der Waals surface area (Å²) >= 11 is 0. The van der Waals surface area contributed by atoms with Crippen molar-refractivity contribution in [2.75, 3.05) is 7.05 Å². The number of aromatic amines is 2. The van der Waals surface area contributed by atoms with E-state index in [0.717, 1.165) is 34.9 Å². The Morgan fingerprint density at radius 3 is 2.63 bits per heavy atom. The van der Waals surface area contributed by atoms with Crippen LogP contribution in [0.3, 0.4) is 0 Å². The van der Waals surface area contributed by atoms with E-state index in [1.807, 2.05) is 34.0 Å². The molecule has 19 heavy (non-hydrogen) atoms. The summed E-state index contributed by atoms with van der Waals surface area (Å²) < 4.78 is 0. The van der Waals surface area contributed by atoms with Crippen LogP contribution < -0.4 is 5.43 Å². The number of rotatable bonds is 4. The molecule has 0 radical (unpaired) electrons. The van der Waals surface area contributed by atoms with Crippen molar-refractivity contribution in [3.63, 3.8) is 0 Å². The van der Waals surface area contributed by atoms with E-state index in [1.165, 1.54) is 0 Å². The maximum absolute atomic E-state index is 11.9. The average Bonchev–Trinajstić information content (AvgIpc) is 2.75. The Morgan fingerprint density at radius 2 is 2.00 bits per heavy atom. The Hall–Kier alpha value is -1.88. The number of imidazole rings is 1. The van der Waals surface area contributed by atoms with Crippen molar-refractivity contribution in [1.82, 2.24) is 19.9 Å². The van der Waals surface area contributed by atoms with E-state index in [2.05, 4.69) is 19.9 Å². The van der Waals surface area contributed by atoms with Crippen molar-refractivity contribution in [1.29, 1.82) is 0 Å². The number of aromatic nitrogens is 3. The number of H-pyrrole nitrogens is 2. The Morgan fingerprint density at radius 1 is 1.26 bits per heavy atom. The third-order valence-electron chi connectivity index (χ3n) is 3.22. The lowest BCUT2D eigenvalue weighted by atomic mass is 10.1. The minimum Gasteiger partial charge on any atom is -0.363 e. The molecule has 0 aliphatic carbocycles. The van der Waals surface area contributed by atoms with Crippen molar-refractivity contribution in [2.24, 2.45) is 0 Å². The van der Waals surface area contributed by atoms with E-state index in [-0.39, 0.29) is 5.43 Å². The second-order valence-corrected chi connectivity index (χ2v) is 5.09. The zero-order valence-electron chi connectivity index (χ0n) is 11.9. The monoisotopic (exact) mass is 260 g/mol. The molecule has 0 atom stereocenters. The van der Waals surface area contributed by atoms with Gasteiger partial charge in [0.25, 0.3) is 0 Å². The van der Waals surface area contributed by atoms with Crippen LogP contribution in [0.25, 0.3) is 0 Å². The molecular weight excluding hydrogens is 240 g/mol. The SMILES string of the molecule is Cc1cnc(CN(C)Cc2[nH]cc(C)c(=O)c2C)[nH]1. The number of hydrogen-bond acceptors (Lipinski definition) is 3. The topological polar surface area (TPSA) is 64.8 Å². The van der Waals surface area contributed by atoms with Gasteiger partial charge in [0.1, 0.15) is 5.82 Å². The summed E-state index contributed by atoms with van der Waals surface area (Å²) in [5.41, 5.74) is 3.69. The van der Waals surface area contributed by atoms with Crippen molar-refractivity contribution in [2.45, 2.75) is 33.9 Å². The normalized spacial score (nSPS) is 11.2. The minimum atomic E-state index is 0.121. The van der Waals surface area contributed by atoms with Gasteiger partial charge in [-0.25, -0.2) is 4.98 Å². The first kappa shape index (κ1) is 13.5. The molecule has 0 spiro atoms. The van der Waals surface area contributed by atoms with Crippen LogP contribution in [0, 0.1) is 20.8 Å². The van der Waals surface area contributed by atoms with Crippen molar-refractivity contribution < 1.29 is 0 Å². The summed E-state index contributed by atoms with van der Waals surface area (Å²) in [4.78, 5) is 24.7. The highest BCUT2D eigenvalue weighted by atomic mass is 16.1. The number of aryl methyl sites for hydroxylation is 2. The highest BCUT2D eigenvalue weighted by Crippen LogP contribution is 2.07. The third kappa shape index (κ3) is 3.12. The van der Waals surface area contributed by atoms with Gasteiger partial charge in [-0.05, 0) is 27.8 Å². The van der Waals surface area contributed by atoms with E-state index >= 15 is 0 Å². The largest absolute Gasteiger partial charge is 0.363 e. The maximum atomic E-state index is 11.9. The van der Waals surface area contributed by atoms with Gasteiger partial charge in [-0.3, -0.25) is 9.69 Å². The number of pyridine rings is 1. The van der Waals surface area contributed by atoms with Gasteiger partial charge in [0.15, 0.2) is 5.43 Å². The first-order chi connectivity index (χ1) is 8.97. The lowest BCUT2D eigenvalue weighted by Crippen LogP contribution is -2.22. The van der Waals surface area contributed by atoms with Crippen LogP contribution in [-0.4, -0.2) is 26.9 Å². The van der Waals surface area contributed by atoms with Gasteiger partial charge >= 0.3 is 0 Å². The maximum Gasteiger partial charge on any atom is 0.187 e. The van der Waals surface area contributed by atoms with Gasteiger partial charge in [-0.2, -0.15) is 0 Å². The lowest BCUT2D eigenvalue weighted by Gasteiger charge is -2.16. The zero-order chi connectivity index (χ0) is 14.0. The van der Waals surface area contributed by atoms with Crippen LogP contribution in [0.15, 0.2) is 17.2 Å². The van der Waals surface area contributed by atoms with Crippen molar-refractivity contribution in [3.05, 3.63) is 51.0 Å². The molecule has 0 aliphatic heterocycles. The molecule has 5 nitrogen and oxygen atoms in total. The molecule has 0 aromatic carbocycles. The number of hydrogen-bond donors (Lipinski definition) is 2. The summed E-state index contributed by atoms with van der Waals surface area (Å²) in [7, 11) is 2.01. The van der Waals surface area contributed by atoms with E-state index in [1.54, 1.807) is 6.20 Å². The highest BCUT2D eigenvalue weighted by Gasteiger charge is 2.09. The van der Waals surface area contributed by atoms with Crippen LogP contribution in [0.4, 0.5) is 0 Å². The fourth-order valence-corrected chi connectivity index (χ4v) is 2.09. The van der Waals surface area contributed by atoms with Crippen LogP contribution in [0.1, 0.15) is 28.3 Å². The van der Waals surface area contributed by atoms with E-state index < -0.39 is 0 Å². The van der Waals surface area contributed by atoms with Crippen molar-refractivity contribution in [3.8, 4) is 0 Å². The van der Waals surface area contributed by atoms with Crippen LogP contribution in [0.2, 0.25) is 0 Å². The Labute approximate surface area is 112 Å². The fourth-order valence-electron chi connectivity index (χ4n) is 2.09. The summed E-state index contributed by atoms with van der Waals surface area (Å²) in [5.74, 6) is 0.937. The van der Waals surface area contributed by atoms with Crippen LogP contribution in [-0.2, 0) is 13.1 Å². The second-order valence-electron chi connectivity index (χ2n) is 5.09. The standard InChI is InChI=1S/C14H20N4O/c1-9-5-15-12(11(3)14(9)19)7-18(4)8-13-16-6-10(2)17-13/h5-6H,7-8H2,1-4H3,(H,15,19)(H,16,17). The van der Waals surface area contributed by atoms with Crippen LogP contribution >= 0.6 is 0 Å². The smallest absolute Gasteiger partial charge is 0.187 e. The van der Waals surface area contributed by atoms with Gasteiger partial charge in [-0.15, -0.1) is 0 Å². The van der Waals surface area contributed by atoms with E-state index in [9.17, 15) is 4.79 Å². The number of nitrogens with one attached hydrogen (secondary N) is 2. The van der Waals surface area contributed by atoms with Gasteiger partial charge in [0.2, 0.25) is 0 Å². The molecule has 0 saturated heterocycles. The van der Waals surface area contributed by atoms with Gasteiger partial charge in [-0.1, -0.05) is 0 Å². The average molecular weight is 260 g/mol. The number of nitrogens with zero attached hydrogens (tertiary/aromatic N) is 2. The van der Waals surface area contributed by atoms with E-state index in [4.69, 9.17) is 0 Å². The summed E-state index contributed by atoms with van der Waals surface area (Å²) in [6.07, 6.45) is 3.59. The predicted molar refractivity (Wildman–Crippen MR) is 75.0 cm³/mol. The molecule has 5 heteroatoms. The molecular formula is C14H20N4O. The molecule has 0 unspecified atom stereocenters. The lowest BCUT2D eigenvalue weighted by molar-refractivity contribution is 0.307. The summed E-state index contributed by atoms with van der Waals surface area (Å²) in [6, 6.07) is 0. The molecule has 0 fully saturated rings.